The fourth-order valence-corrected chi connectivity index (χ4v) is 3.08. The lowest BCUT2D eigenvalue weighted by Crippen LogP contribution is -2.33. The number of anilines is 1. The van der Waals surface area contributed by atoms with E-state index in [0.29, 0.717) is 5.69 Å². The number of pyridine rings is 1. The van der Waals surface area contributed by atoms with Crippen LogP contribution in [0.2, 0.25) is 0 Å². The number of cyclic esters (lactones) is 1. The van der Waals surface area contributed by atoms with Gasteiger partial charge in [0.1, 0.15) is 11.8 Å². The molecule has 8 nitrogen and oxygen atoms in total. The quantitative estimate of drug-likeness (QED) is 0.717. The van der Waals surface area contributed by atoms with E-state index in [1.807, 2.05) is 12.1 Å². The van der Waals surface area contributed by atoms with Crippen LogP contribution in [0.3, 0.4) is 0 Å². The fraction of sp³-hybridized carbons (Fsp3) is 0.200. The third-order valence-electron chi connectivity index (χ3n) is 4.52. The predicted molar refractivity (Wildman–Crippen MR) is 103 cm³/mol. The van der Waals surface area contributed by atoms with Gasteiger partial charge in [-0.1, -0.05) is 6.07 Å². The number of hydrogen-bond acceptors (Lipinski definition) is 5. The monoisotopic (exact) mass is 395 g/mol. The largest absolute Gasteiger partial charge is 0.442 e. The van der Waals surface area contributed by atoms with Crippen molar-refractivity contribution in [1.82, 2.24) is 20.1 Å². The van der Waals surface area contributed by atoms with Gasteiger partial charge in [-0.05, 0) is 24.3 Å². The smallest absolute Gasteiger partial charge is 0.414 e. The van der Waals surface area contributed by atoms with E-state index >= 15 is 0 Å². The highest BCUT2D eigenvalue weighted by molar-refractivity contribution is 5.90. The van der Waals surface area contributed by atoms with Crippen molar-refractivity contribution < 1.29 is 18.7 Å². The number of amides is 2. The van der Waals surface area contributed by atoms with E-state index in [2.05, 4.69) is 15.4 Å². The fourth-order valence-electron chi connectivity index (χ4n) is 3.08. The molecule has 0 saturated carbocycles. The molecule has 1 aliphatic rings. The van der Waals surface area contributed by atoms with E-state index in [-0.39, 0.29) is 24.7 Å². The predicted octanol–water partition coefficient (Wildman–Crippen LogP) is 2.53. The number of rotatable bonds is 5. The van der Waals surface area contributed by atoms with Crippen LogP contribution in [-0.2, 0) is 9.53 Å². The molecule has 4 rings (SSSR count). The normalized spacial score (nSPS) is 16.0. The first-order valence-electron chi connectivity index (χ1n) is 8.99. The van der Waals surface area contributed by atoms with Crippen LogP contribution in [0.5, 0.6) is 0 Å². The number of ether oxygens (including phenoxy) is 1. The maximum atomic E-state index is 14.8. The molecule has 0 spiro atoms. The first-order valence-corrected chi connectivity index (χ1v) is 8.99. The summed E-state index contributed by atoms with van der Waals surface area (Å²) < 4.78 is 21.4. The second-order valence-corrected chi connectivity index (χ2v) is 6.60. The summed E-state index contributed by atoms with van der Waals surface area (Å²) in [5, 5.41) is 6.83. The van der Waals surface area contributed by atoms with Gasteiger partial charge in [0.25, 0.3) is 0 Å². The summed E-state index contributed by atoms with van der Waals surface area (Å²) in [6.07, 6.45) is 5.66. The van der Waals surface area contributed by atoms with Gasteiger partial charge >= 0.3 is 6.09 Å². The zero-order chi connectivity index (χ0) is 20.4. The van der Waals surface area contributed by atoms with Gasteiger partial charge in [-0.15, -0.1) is 0 Å². The van der Waals surface area contributed by atoms with E-state index in [9.17, 15) is 14.0 Å². The summed E-state index contributed by atoms with van der Waals surface area (Å²) in [6.45, 7) is 1.82. The van der Waals surface area contributed by atoms with Crippen molar-refractivity contribution in [2.75, 3.05) is 18.0 Å². The van der Waals surface area contributed by atoms with E-state index in [1.165, 1.54) is 22.6 Å². The SMILES string of the molecule is CC(=O)NC[C@H]1CN(c2ccc(-n3cc(-c4cccnc4)cn3)c(F)c2)C(=O)O1. The van der Waals surface area contributed by atoms with Crippen LogP contribution in [0, 0.1) is 5.82 Å². The zero-order valence-electron chi connectivity index (χ0n) is 15.6. The standard InChI is InChI=1S/C20H18FN5O3/c1-13(27)23-10-17-12-25(20(28)29-17)16-4-5-19(18(21)7-16)26-11-15(9-24-26)14-3-2-6-22-8-14/h2-9,11,17H,10,12H2,1H3,(H,23,27)/t17-/m0/s1. The number of nitrogens with zero attached hydrogens (tertiary/aromatic N) is 4. The Morgan fingerprint density at radius 1 is 1.31 bits per heavy atom. The van der Waals surface area contributed by atoms with Crippen LogP contribution >= 0.6 is 0 Å². The van der Waals surface area contributed by atoms with Gasteiger partial charge in [-0.2, -0.15) is 5.10 Å². The highest BCUT2D eigenvalue weighted by atomic mass is 19.1. The Bertz CT molecular complexity index is 1050. The van der Waals surface area contributed by atoms with Gasteiger partial charge in [-0.3, -0.25) is 14.7 Å². The number of carbonyl (C=O) groups is 2. The molecule has 9 heteroatoms. The number of benzene rings is 1. The van der Waals surface area contributed by atoms with Crippen LogP contribution < -0.4 is 10.2 Å². The molecule has 2 aromatic heterocycles. The number of hydrogen-bond donors (Lipinski definition) is 1. The zero-order valence-corrected chi connectivity index (χ0v) is 15.6. The molecule has 1 aromatic carbocycles. The van der Waals surface area contributed by atoms with Gasteiger partial charge in [0.05, 0.1) is 25.0 Å². The molecule has 3 aromatic rings. The summed E-state index contributed by atoms with van der Waals surface area (Å²) in [5.41, 5.74) is 2.32. The lowest BCUT2D eigenvalue weighted by molar-refractivity contribution is -0.119. The third-order valence-corrected chi connectivity index (χ3v) is 4.52. The van der Waals surface area contributed by atoms with Crippen LogP contribution in [0.25, 0.3) is 16.8 Å². The summed E-state index contributed by atoms with van der Waals surface area (Å²) >= 11 is 0. The van der Waals surface area contributed by atoms with E-state index in [4.69, 9.17) is 4.74 Å². The van der Waals surface area contributed by atoms with E-state index in [0.717, 1.165) is 11.1 Å². The van der Waals surface area contributed by atoms with Crippen molar-refractivity contribution in [3.8, 4) is 16.8 Å². The number of halogens is 1. The van der Waals surface area contributed by atoms with E-state index < -0.39 is 18.0 Å². The molecule has 1 atom stereocenters. The van der Waals surface area contributed by atoms with Gasteiger partial charge < -0.3 is 10.1 Å². The minimum absolute atomic E-state index is 0.209. The summed E-state index contributed by atoms with van der Waals surface area (Å²) in [7, 11) is 0. The van der Waals surface area contributed by atoms with E-state index in [1.54, 1.807) is 36.9 Å². The molecule has 3 heterocycles. The lowest BCUT2D eigenvalue weighted by Gasteiger charge is -2.14. The average Bonchev–Trinajstić information content (AvgIpc) is 3.34. The van der Waals surface area contributed by atoms with Crippen molar-refractivity contribution in [3.63, 3.8) is 0 Å². The summed E-state index contributed by atoms with van der Waals surface area (Å²) in [6, 6.07) is 8.16. The Kier molecular flexibility index (Phi) is 4.94. The van der Waals surface area contributed by atoms with Crippen LogP contribution in [-0.4, -0.2) is 46.0 Å². The molecule has 1 aliphatic heterocycles. The molecular formula is C20H18FN5O3. The third kappa shape index (κ3) is 3.93. The minimum Gasteiger partial charge on any atom is -0.442 e. The molecule has 1 fully saturated rings. The number of aromatic nitrogens is 3. The topological polar surface area (TPSA) is 89.4 Å². The molecular weight excluding hydrogens is 377 g/mol. The Hall–Kier alpha value is -3.75. The molecule has 2 amide bonds. The first kappa shape index (κ1) is 18.6. The lowest BCUT2D eigenvalue weighted by atomic mass is 10.2. The average molecular weight is 395 g/mol. The molecule has 1 saturated heterocycles. The molecule has 148 valence electrons. The van der Waals surface area contributed by atoms with Gasteiger partial charge in [-0.25, -0.2) is 13.9 Å². The summed E-state index contributed by atoms with van der Waals surface area (Å²) in [5.74, 6) is -0.735. The Labute approximate surface area is 165 Å². The van der Waals surface area contributed by atoms with Crippen molar-refractivity contribution in [2.45, 2.75) is 13.0 Å². The van der Waals surface area contributed by atoms with Crippen molar-refractivity contribution >= 4 is 17.7 Å². The summed E-state index contributed by atoms with van der Waals surface area (Å²) in [4.78, 5) is 28.5. The molecule has 0 unspecified atom stereocenters. The van der Waals surface area contributed by atoms with Crippen molar-refractivity contribution in [2.24, 2.45) is 0 Å². The molecule has 0 aliphatic carbocycles. The van der Waals surface area contributed by atoms with Gasteiger partial charge in [0.15, 0.2) is 5.82 Å². The second kappa shape index (κ2) is 7.70. The molecule has 0 radical (unpaired) electrons. The van der Waals surface area contributed by atoms with Crippen LogP contribution in [0.15, 0.2) is 55.1 Å². The minimum atomic E-state index is -0.578. The Morgan fingerprint density at radius 2 is 2.17 bits per heavy atom. The van der Waals surface area contributed by atoms with Gasteiger partial charge in [0.2, 0.25) is 5.91 Å². The number of nitrogens with one attached hydrogen (secondary N) is 1. The highest BCUT2D eigenvalue weighted by Crippen LogP contribution is 2.26. The maximum Gasteiger partial charge on any atom is 0.414 e. The maximum absolute atomic E-state index is 14.8. The molecule has 29 heavy (non-hydrogen) atoms. The van der Waals surface area contributed by atoms with Crippen LogP contribution in [0.1, 0.15) is 6.92 Å². The number of carbonyl (C=O) groups excluding carboxylic acids is 2. The van der Waals surface area contributed by atoms with Crippen LogP contribution in [0.4, 0.5) is 14.9 Å². The Balaban J connectivity index is 1.52. The molecule has 1 N–H and O–H groups in total. The molecule has 0 bridgehead atoms. The van der Waals surface area contributed by atoms with Gasteiger partial charge in [0, 0.05) is 36.6 Å². The Morgan fingerprint density at radius 3 is 2.90 bits per heavy atom. The highest BCUT2D eigenvalue weighted by Gasteiger charge is 2.32. The van der Waals surface area contributed by atoms with Crippen molar-refractivity contribution in [1.29, 1.82) is 0 Å². The first-order chi connectivity index (χ1) is 14.0. The second-order valence-electron chi connectivity index (χ2n) is 6.60. The van der Waals surface area contributed by atoms with Crippen molar-refractivity contribution in [3.05, 3.63) is 60.9 Å².